The summed E-state index contributed by atoms with van der Waals surface area (Å²) >= 11 is 0. The van der Waals surface area contributed by atoms with E-state index in [1.807, 2.05) is 30.3 Å². The number of unbranched alkanes of at least 4 members (excludes halogenated alkanes) is 1. The van der Waals surface area contributed by atoms with Gasteiger partial charge >= 0.3 is 0 Å². The monoisotopic (exact) mass is 432 g/mol. The van der Waals surface area contributed by atoms with Crippen LogP contribution in [0.25, 0.3) is 0 Å². The summed E-state index contributed by atoms with van der Waals surface area (Å²) in [5.74, 6) is 0.321. The van der Waals surface area contributed by atoms with Gasteiger partial charge in [0.05, 0.1) is 6.54 Å². The highest BCUT2D eigenvalue weighted by atomic mass is 19.1. The highest BCUT2D eigenvalue weighted by Gasteiger charge is 2.41. The van der Waals surface area contributed by atoms with Crippen molar-refractivity contribution < 1.29 is 18.7 Å². The highest BCUT2D eigenvalue weighted by molar-refractivity contribution is 6.04. The fourth-order valence-corrected chi connectivity index (χ4v) is 3.85. The van der Waals surface area contributed by atoms with E-state index in [1.165, 1.54) is 12.1 Å². The van der Waals surface area contributed by atoms with Crippen molar-refractivity contribution in [3.8, 4) is 11.5 Å². The molecule has 0 spiro atoms. The molecule has 3 aromatic carbocycles. The molecule has 1 heterocycles. The van der Waals surface area contributed by atoms with E-state index in [0.717, 1.165) is 18.4 Å². The molecule has 2 amide bonds. The van der Waals surface area contributed by atoms with E-state index in [9.17, 15) is 14.0 Å². The summed E-state index contributed by atoms with van der Waals surface area (Å²) in [6, 6.07) is 19.6. The van der Waals surface area contributed by atoms with Crippen LogP contribution in [0, 0.1) is 5.82 Å². The third-order valence-corrected chi connectivity index (χ3v) is 5.49. The Morgan fingerprint density at radius 3 is 2.53 bits per heavy atom. The number of para-hydroxylation sites is 1. The van der Waals surface area contributed by atoms with Gasteiger partial charge in [0, 0.05) is 17.7 Å². The van der Waals surface area contributed by atoms with Gasteiger partial charge in [0.1, 0.15) is 23.4 Å². The standard InChI is InChI=1S/C26H25FN2O3/c1-2-3-16-28-25(30)24-21-9-5-6-10-22(21)26(31)29(24)17-18-8-4-7-11-23(18)32-20-14-12-19(27)13-15-20/h4-15,24H,2-3,16-17H2,1H3,(H,28,30). The van der Waals surface area contributed by atoms with Crippen molar-refractivity contribution in [1.82, 2.24) is 10.2 Å². The molecule has 1 aliphatic rings. The maximum absolute atomic E-state index is 13.2. The minimum atomic E-state index is -0.700. The Bertz CT molecular complexity index is 1110. The smallest absolute Gasteiger partial charge is 0.255 e. The van der Waals surface area contributed by atoms with Gasteiger partial charge < -0.3 is 15.0 Å². The molecule has 0 fully saturated rings. The number of nitrogens with one attached hydrogen (secondary N) is 1. The van der Waals surface area contributed by atoms with Crippen LogP contribution in [0.2, 0.25) is 0 Å². The first kappa shape index (κ1) is 21.6. The third kappa shape index (κ3) is 4.49. The summed E-state index contributed by atoms with van der Waals surface area (Å²) in [5.41, 5.74) is 2.01. The second-order valence-electron chi connectivity index (χ2n) is 7.73. The number of fused-ring (bicyclic) bond motifs is 1. The maximum Gasteiger partial charge on any atom is 0.255 e. The zero-order chi connectivity index (χ0) is 22.5. The molecule has 3 aromatic rings. The Hall–Kier alpha value is -3.67. The van der Waals surface area contributed by atoms with E-state index in [1.54, 1.807) is 35.2 Å². The van der Waals surface area contributed by atoms with E-state index in [4.69, 9.17) is 4.74 Å². The molecule has 0 saturated heterocycles. The Balaban J connectivity index is 1.62. The molecule has 164 valence electrons. The van der Waals surface area contributed by atoms with Crippen LogP contribution in [0.4, 0.5) is 4.39 Å². The normalized spacial score (nSPS) is 14.9. The van der Waals surface area contributed by atoms with Gasteiger partial charge in [-0.25, -0.2) is 4.39 Å². The molecular weight excluding hydrogens is 407 g/mol. The quantitative estimate of drug-likeness (QED) is 0.496. The molecule has 5 nitrogen and oxygen atoms in total. The predicted molar refractivity (Wildman–Crippen MR) is 120 cm³/mol. The Morgan fingerprint density at radius 1 is 1.03 bits per heavy atom. The van der Waals surface area contributed by atoms with Crippen molar-refractivity contribution >= 4 is 11.8 Å². The van der Waals surface area contributed by atoms with Gasteiger partial charge in [-0.15, -0.1) is 0 Å². The van der Waals surface area contributed by atoms with Gasteiger partial charge in [-0.1, -0.05) is 49.7 Å². The lowest BCUT2D eigenvalue weighted by Crippen LogP contribution is -2.39. The van der Waals surface area contributed by atoms with Gasteiger partial charge in [-0.05, 0) is 48.4 Å². The summed E-state index contributed by atoms with van der Waals surface area (Å²) in [7, 11) is 0. The Labute approximate surface area is 186 Å². The first-order valence-electron chi connectivity index (χ1n) is 10.8. The zero-order valence-electron chi connectivity index (χ0n) is 17.9. The maximum atomic E-state index is 13.2. The van der Waals surface area contributed by atoms with Gasteiger partial charge in [0.15, 0.2) is 0 Å². The number of ether oxygens (including phenoxy) is 1. The molecule has 1 aliphatic heterocycles. The largest absolute Gasteiger partial charge is 0.457 e. The van der Waals surface area contributed by atoms with Gasteiger partial charge in [-0.3, -0.25) is 9.59 Å². The first-order chi connectivity index (χ1) is 15.6. The van der Waals surface area contributed by atoms with E-state index >= 15 is 0 Å². The number of halogens is 1. The fraction of sp³-hybridized carbons (Fsp3) is 0.231. The molecular formula is C26H25FN2O3. The van der Waals surface area contributed by atoms with Crippen molar-refractivity contribution in [2.24, 2.45) is 0 Å². The summed E-state index contributed by atoms with van der Waals surface area (Å²) in [5, 5.41) is 2.96. The molecule has 0 aromatic heterocycles. The lowest BCUT2D eigenvalue weighted by atomic mass is 10.0. The van der Waals surface area contributed by atoms with Crippen molar-refractivity contribution in [1.29, 1.82) is 0 Å². The number of hydrogen-bond donors (Lipinski definition) is 1. The van der Waals surface area contributed by atoms with E-state index in [2.05, 4.69) is 12.2 Å². The molecule has 0 bridgehead atoms. The van der Waals surface area contributed by atoms with E-state index < -0.39 is 6.04 Å². The average Bonchev–Trinajstić information content (AvgIpc) is 3.08. The van der Waals surface area contributed by atoms with Crippen LogP contribution < -0.4 is 10.1 Å². The van der Waals surface area contributed by atoms with Crippen molar-refractivity contribution in [3.63, 3.8) is 0 Å². The molecule has 4 rings (SSSR count). The number of benzene rings is 3. The summed E-state index contributed by atoms with van der Waals surface area (Å²) in [4.78, 5) is 27.9. The zero-order valence-corrected chi connectivity index (χ0v) is 17.9. The van der Waals surface area contributed by atoms with Crippen molar-refractivity contribution in [2.75, 3.05) is 6.54 Å². The summed E-state index contributed by atoms with van der Waals surface area (Å²) < 4.78 is 19.2. The van der Waals surface area contributed by atoms with Crippen LogP contribution in [-0.4, -0.2) is 23.3 Å². The van der Waals surface area contributed by atoms with Crippen molar-refractivity contribution in [2.45, 2.75) is 32.4 Å². The predicted octanol–water partition coefficient (Wildman–Crippen LogP) is 5.23. The third-order valence-electron chi connectivity index (χ3n) is 5.49. The van der Waals surface area contributed by atoms with E-state index in [0.29, 0.717) is 29.2 Å². The highest BCUT2D eigenvalue weighted by Crippen LogP contribution is 2.36. The van der Waals surface area contributed by atoms with Gasteiger partial charge in [0.25, 0.3) is 5.91 Å². The second kappa shape index (κ2) is 9.64. The number of amides is 2. The van der Waals surface area contributed by atoms with Crippen LogP contribution >= 0.6 is 0 Å². The van der Waals surface area contributed by atoms with Crippen LogP contribution in [0.3, 0.4) is 0 Å². The number of carbonyl (C=O) groups excluding carboxylic acids is 2. The molecule has 1 unspecified atom stereocenters. The number of rotatable bonds is 8. The topological polar surface area (TPSA) is 58.6 Å². The number of nitrogens with zero attached hydrogens (tertiary/aromatic N) is 1. The van der Waals surface area contributed by atoms with Gasteiger partial charge in [0.2, 0.25) is 5.91 Å². The lowest BCUT2D eigenvalue weighted by Gasteiger charge is -2.25. The minimum Gasteiger partial charge on any atom is -0.457 e. The van der Waals surface area contributed by atoms with Crippen LogP contribution in [0.5, 0.6) is 11.5 Å². The molecule has 1 atom stereocenters. The van der Waals surface area contributed by atoms with Crippen LogP contribution in [-0.2, 0) is 11.3 Å². The Kier molecular flexibility index (Phi) is 6.50. The fourth-order valence-electron chi connectivity index (χ4n) is 3.85. The Morgan fingerprint density at radius 2 is 1.75 bits per heavy atom. The van der Waals surface area contributed by atoms with Crippen LogP contribution in [0.15, 0.2) is 72.8 Å². The lowest BCUT2D eigenvalue weighted by molar-refractivity contribution is -0.125. The number of hydrogen-bond acceptors (Lipinski definition) is 3. The molecule has 32 heavy (non-hydrogen) atoms. The first-order valence-corrected chi connectivity index (χ1v) is 10.8. The van der Waals surface area contributed by atoms with E-state index in [-0.39, 0.29) is 24.2 Å². The molecule has 0 radical (unpaired) electrons. The SMILES string of the molecule is CCCCNC(=O)C1c2ccccc2C(=O)N1Cc1ccccc1Oc1ccc(F)cc1. The number of carbonyl (C=O) groups is 2. The molecule has 1 N–H and O–H groups in total. The van der Waals surface area contributed by atoms with Gasteiger partial charge in [-0.2, -0.15) is 0 Å². The van der Waals surface area contributed by atoms with Crippen molar-refractivity contribution in [3.05, 3.63) is 95.3 Å². The molecule has 0 saturated carbocycles. The summed E-state index contributed by atoms with van der Waals surface area (Å²) in [6.07, 6.45) is 1.85. The molecule has 6 heteroatoms. The summed E-state index contributed by atoms with van der Waals surface area (Å²) in [6.45, 7) is 2.84. The van der Waals surface area contributed by atoms with Crippen LogP contribution in [0.1, 0.15) is 47.3 Å². The minimum absolute atomic E-state index is 0.186. The second-order valence-corrected chi connectivity index (χ2v) is 7.73. The molecule has 0 aliphatic carbocycles. The average molecular weight is 432 g/mol.